The summed E-state index contributed by atoms with van der Waals surface area (Å²) in [4.78, 5) is 2.19. The van der Waals surface area contributed by atoms with Crippen LogP contribution < -0.4 is 4.90 Å². The smallest absolute Gasteiger partial charge is 0.0781 e. The van der Waals surface area contributed by atoms with E-state index in [2.05, 4.69) is 24.6 Å². The van der Waals surface area contributed by atoms with Gasteiger partial charge in [-0.25, -0.2) is 0 Å². The van der Waals surface area contributed by atoms with E-state index in [0.29, 0.717) is 0 Å². The van der Waals surface area contributed by atoms with Crippen LogP contribution >= 0.6 is 0 Å². The van der Waals surface area contributed by atoms with E-state index in [9.17, 15) is 5.11 Å². The highest BCUT2D eigenvalue weighted by atomic mass is 16.3. The van der Waals surface area contributed by atoms with Gasteiger partial charge in [-0.2, -0.15) is 0 Å². The average Bonchev–Trinajstić information content (AvgIpc) is 2.29. The van der Waals surface area contributed by atoms with Gasteiger partial charge in [-0.15, -0.1) is 6.58 Å². The fourth-order valence-corrected chi connectivity index (χ4v) is 1.78. The summed E-state index contributed by atoms with van der Waals surface area (Å²) < 4.78 is 0. The SMILES string of the molecule is C=CCCCN(C)c1ccccc1C(C)O. The molecule has 0 saturated carbocycles. The molecule has 1 aromatic rings. The first kappa shape index (κ1) is 12.8. The topological polar surface area (TPSA) is 23.5 Å². The lowest BCUT2D eigenvalue weighted by atomic mass is 10.1. The molecular formula is C14H21NO. The number of nitrogens with zero attached hydrogens (tertiary/aromatic N) is 1. The van der Waals surface area contributed by atoms with Crippen molar-refractivity contribution in [1.82, 2.24) is 0 Å². The van der Waals surface area contributed by atoms with E-state index in [-0.39, 0.29) is 0 Å². The zero-order valence-electron chi connectivity index (χ0n) is 10.2. The summed E-state index contributed by atoms with van der Waals surface area (Å²) in [6.07, 6.45) is 3.64. The van der Waals surface area contributed by atoms with Crippen molar-refractivity contribution in [3.05, 3.63) is 42.5 Å². The van der Waals surface area contributed by atoms with Crippen molar-refractivity contribution in [2.24, 2.45) is 0 Å². The third kappa shape index (κ3) is 3.38. The number of allylic oxidation sites excluding steroid dienone is 1. The molecule has 1 rings (SSSR count). The molecule has 0 aliphatic heterocycles. The zero-order chi connectivity index (χ0) is 12.0. The molecule has 0 amide bonds. The number of unbranched alkanes of at least 4 members (excludes halogenated alkanes) is 1. The first-order chi connectivity index (χ1) is 7.66. The molecule has 88 valence electrons. The van der Waals surface area contributed by atoms with Crippen LogP contribution in [0.3, 0.4) is 0 Å². The van der Waals surface area contributed by atoms with Gasteiger partial charge in [-0.3, -0.25) is 0 Å². The highest BCUT2D eigenvalue weighted by Gasteiger charge is 2.09. The monoisotopic (exact) mass is 219 g/mol. The summed E-state index contributed by atoms with van der Waals surface area (Å²) in [5.41, 5.74) is 2.10. The molecule has 0 saturated heterocycles. The number of hydrogen-bond donors (Lipinski definition) is 1. The fourth-order valence-electron chi connectivity index (χ4n) is 1.78. The van der Waals surface area contributed by atoms with E-state index < -0.39 is 6.10 Å². The predicted molar refractivity (Wildman–Crippen MR) is 69.8 cm³/mol. The standard InChI is InChI=1S/C14H21NO/c1-4-5-8-11-15(3)14-10-7-6-9-13(14)12(2)16/h4,6-7,9-10,12,16H,1,5,8,11H2,2-3H3. The summed E-state index contributed by atoms with van der Waals surface area (Å²) in [6, 6.07) is 7.99. The first-order valence-corrected chi connectivity index (χ1v) is 5.76. The number of benzene rings is 1. The normalized spacial score (nSPS) is 12.2. The average molecular weight is 219 g/mol. The molecule has 1 aromatic carbocycles. The number of aliphatic hydroxyl groups excluding tert-OH is 1. The van der Waals surface area contributed by atoms with Gasteiger partial charge in [-0.05, 0) is 25.8 Å². The minimum Gasteiger partial charge on any atom is -0.389 e. The Morgan fingerprint density at radius 1 is 1.44 bits per heavy atom. The molecule has 2 heteroatoms. The summed E-state index contributed by atoms with van der Waals surface area (Å²) >= 11 is 0. The van der Waals surface area contributed by atoms with Gasteiger partial charge in [0, 0.05) is 24.8 Å². The van der Waals surface area contributed by atoms with Gasteiger partial charge >= 0.3 is 0 Å². The van der Waals surface area contributed by atoms with Crippen molar-refractivity contribution in [2.75, 3.05) is 18.5 Å². The highest BCUT2D eigenvalue weighted by molar-refractivity contribution is 5.53. The second-order valence-corrected chi connectivity index (χ2v) is 4.09. The van der Waals surface area contributed by atoms with E-state index in [1.54, 1.807) is 6.92 Å². The van der Waals surface area contributed by atoms with Crippen LogP contribution in [-0.4, -0.2) is 18.7 Å². The number of aliphatic hydroxyl groups is 1. The van der Waals surface area contributed by atoms with Crippen molar-refractivity contribution >= 4 is 5.69 Å². The van der Waals surface area contributed by atoms with E-state index in [1.165, 1.54) is 0 Å². The molecule has 0 fully saturated rings. The maximum atomic E-state index is 9.68. The van der Waals surface area contributed by atoms with Crippen LogP contribution in [0.1, 0.15) is 31.4 Å². The van der Waals surface area contributed by atoms with E-state index in [4.69, 9.17) is 0 Å². The minimum atomic E-state index is -0.418. The van der Waals surface area contributed by atoms with Crippen LogP contribution in [0.2, 0.25) is 0 Å². The van der Waals surface area contributed by atoms with Gasteiger partial charge in [0.1, 0.15) is 0 Å². The molecule has 2 nitrogen and oxygen atoms in total. The van der Waals surface area contributed by atoms with Crippen LogP contribution in [-0.2, 0) is 0 Å². The first-order valence-electron chi connectivity index (χ1n) is 5.76. The van der Waals surface area contributed by atoms with Crippen LogP contribution in [0.5, 0.6) is 0 Å². The Labute approximate surface area is 98.2 Å². The van der Waals surface area contributed by atoms with Crippen LogP contribution in [0.4, 0.5) is 5.69 Å². The summed E-state index contributed by atoms with van der Waals surface area (Å²) in [7, 11) is 2.06. The third-order valence-corrected chi connectivity index (χ3v) is 2.70. The van der Waals surface area contributed by atoms with Crippen molar-refractivity contribution < 1.29 is 5.11 Å². The Morgan fingerprint density at radius 3 is 2.75 bits per heavy atom. The largest absolute Gasteiger partial charge is 0.389 e. The molecule has 16 heavy (non-hydrogen) atoms. The lowest BCUT2D eigenvalue weighted by molar-refractivity contribution is 0.199. The van der Waals surface area contributed by atoms with Gasteiger partial charge in [0.25, 0.3) is 0 Å². The van der Waals surface area contributed by atoms with Gasteiger partial charge < -0.3 is 10.0 Å². The van der Waals surface area contributed by atoms with E-state index in [0.717, 1.165) is 30.6 Å². The second-order valence-electron chi connectivity index (χ2n) is 4.09. The maximum absolute atomic E-state index is 9.68. The molecule has 0 aliphatic rings. The molecule has 0 aromatic heterocycles. The van der Waals surface area contributed by atoms with Gasteiger partial charge in [-0.1, -0.05) is 24.3 Å². The number of para-hydroxylation sites is 1. The molecule has 1 unspecified atom stereocenters. The second kappa shape index (κ2) is 6.33. The van der Waals surface area contributed by atoms with Crippen molar-refractivity contribution in [1.29, 1.82) is 0 Å². The van der Waals surface area contributed by atoms with Crippen molar-refractivity contribution in [3.63, 3.8) is 0 Å². The van der Waals surface area contributed by atoms with Crippen LogP contribution in [0.25, 0.3) is 0 Å². The van der Waals surface area contributed by atoms with Gasteiger partial charge in [0.15, 0.2) is 0 Å². The molecule has 0 heterocycles. The van der Waals surface area contributed by atoms with Gasteiger partial charge in [0.2, 0.25) is 0 Å². The molecule has 1 N–H and O–H groups in total. The van der Waals surface area contributed by atoms with E-state index in [1.807, 2.05) is 24.3 Å². The summed E-state index contributed by atoms with van der Waals surface area (Å²) in [5, 5.41) is 9.68. The van der Waals surface area contributed by atoms with E-state index >= 15 is 0 Å². The Kier molecular flexibility index (Phi) is 5.06. The molecular weight excluding hydrogens is 198 g/mol. The molecule has 1 atom stereocenters. The fraction of sp³-hybridized carbons (Fsp3) is 0.429. The Morgan fingerprint density at radius 2 is 2.12 bits per heavy atom. The Hall–Kier alpha value is -1.28. The highest BCUT2D eigenvalue weighted by Crippen LogP contribution is 2.25. The number of hydrogen-bond acceptors (Lipinski definition) is 2. The molecule has 0 radical (unpaired) electrons. The van der Waals surface area contributed by atoms with Crippen molar-refractivity contribution in [2.45, 2.75) is 25.9 Å². The van der Waals surface area contributed by atoms with Crippen LogP contribution in [0.15, 0.2) is 36.9 Å². The maximum Gasteiger partial charge on any atom is 0.0781 e. The lowest BCUT2D eigenvalue weighted by Crippen LogP contribution is -2.20. The number of rotatable bonds is 6. The summed E-state index contributed by atoms with van der Waals surface area (Å²) in [6.45, 7) is 6.50. The number of anilines is 1. The van der Waals surface area contributed by atoms with Crippen LogP contribution in [0, 0.1) is 0 Å². The molecule has 0 bridgehead atoms. The van der Waals surface area contributed by atoms with Gasteiger partial charge in [0.05, 0.1) is 6.10 Å². The predicted octanol–water partition coefficient (Wildman–Crippen LogP) is 3.14. The molecule has 0 spiro atoms. The lowest BCUT2D eigenvalue weighted by Gasteiger charge is -2.23. The summed E-state index contributed by atoms with van der Waals surface area (Å²) in [5.74, 6) is 0. The Balaban J connectivity index is 2.73. The Bertz CT molecular complexity index is 333. The third-order valence-electron chi connectivity index (χ3n) is 2.70. The van der Waals surface area contributed by atoms with Crippen molar-refractivity contribution in [3.8, 4) is 0 Å². The molecule has 0 aliphatic carbocycles. The zero-order valence-corrected chi connectivity index (χ0v) is 10.2. The minimum absolute atomic E-state index is 0.418. The quantitative estimate of drug-likeness (QED) is 0.587.